The van der Waals surface area contributed by atoms with Crippen molar-refractivity contribution in [3.63, 3.8) is 0 Å². The van der Waals surface area contributed by atoms with Crippen LogP contribution in [0.25, 0.3) is 0 Å². The Morgan fingerprint density at radius 2 is 1.38 bits per heavy atom. The monoisotopic (exact) mass is 470 g/mol. The number of rotatable bonds is 1. The van der Waals surface area contributed by atoms with Gasteiger partial charge in [0.25, 0.3) is 0 Å². The maximum atomic E-state index is 16.0. The smallest absolute Gasteiger partial charge is 0.380 e. The highest BCUT2D eigenvalue weighted by atomic mass is 19.4. The van der Waals surface area contributed by atoms with Gasteiger partial charge in [-0.05, 0) is 86.4 Å². The normalized spacial score (nSPS) is 51.5. The Bertz CT molecular complexity index is 805. The quantitative estimate of drug-likeness (QED) is 0.310. The van der Waals surface area contributed by atoms with Crippen molar-refractivity contribution in [3.8, 4) is 0 Å². The summed E-state index contributed by atoms with van der Waals surface area (Å²) in [7, 11) is 0. The van der Waals surface area contributed by atoms with E-state index in [1.807, 2.05) is 13.8 Å². The maximum Gasteiger partial charge on any atom is 0.417 e. The van der Waals surface area contributed by atoms with E-state index in [2.05, 4.69) is 6.58 Å². The van der Waals surface area contributed by atoms with Gasteiger partial charge in [-0.25, -0.2) is 4.39 Å². The molecule has 4 saturated carbocycles. The molecule has 32 heavy (non-hydrogen) atoms. The fourth-order valence-corrected chi connectivity index (χ4v) is 8.62. The van der Waals surface area contributed by atoms with E-state index in [0.717, 1.165) is 0 Å². The molecule has 4 aliphatic carbocycles. The van der Waals surface area contributed by atoms with Gasteiger partial charge in [0.15, 0.2) is 5.60 Å². The molecule has 0 radical (unpaired) electrons. The molecule has 7 unspecified atom stereocenters. The van der Waals surface area contributed by atoms with Gasteiger partial charge in [-0.15, -0.1) is 0 Å². The summed E-state index contributed by atoms with van der Waals surface area (Å²) in [5.74, 6) is -0.267. The first-order valence-electron chi connectivity index (χ1n) is 11.6. The van der Waals surface area contributed by atoms with Crippen molar-refractivity contribution in [2.45, 2.75) is 102 Å². The molecule has 1 N–H and O–H groups in total. The molecule has 4 fully saturated rings. The maximum absolute atomic E-state index is 16.0. The number of hydrogen-bond acceptors (Lipinski definition) is 1. The Morgan fingerprint density at radius 3 is 1.94 bits per heavy atom. The lowest BCUT2D eigenvalue weighted by Crippen LogP contribution is -2.63. The number of alkyl halides is 7. The van der Waals surface area contributed by atoms with Gasteiger partial charge in [0.1, 0.15) is 5.67 Å². The van der Waals surface area contributed by atoms with E-state index in [-0.39, 0.29) is 49.9 Å². The van der Waals surface area contributed by atoms with Crippen LogP contribution in [0.2, 0.25) is 0 Å². The number of hydrogen-bond donors (Lipinski definition) is 1. The van der Waals surface area contributed by atoms with Gasteiger partial charge < -0.3 is 5.11 Å². The van der Waals surface area contributed by atoms with Crippen molar-refractivity contribution in [1.82, 2.24) is 0 Å². The van der Waals surface area contributed by atoms with Gasteiger partial charge in [0.05, 0.1) is 5.57 Å². The predicted octanol–water partition coefficient (Wildman–Crippen LogP) is 7.54. The van der Waals surface area contributed by atoms with E-state index >= 15 is 4.39 Å². The van der Waals surface area contributed by atoms with Crippen molar-refractivity contribution >= 4 is 0 Å². The van der Waals surface area contributed by atoms with Crippen molar-refractivity contribution in [1.29, 1.82) is 0 Å². The minimum atomic E-state index is -4.80. The molecule has 184 valence electrons. The molecule has 4 rings (SSSR count). The fourth-order valence-electron chi connectivity index (χ4n) is 8.62. The van der Waals surface area contributed by atoms with E-state index in [1.54, 1.807) is 6.92 Å². The summed E-state index contributed by atoms with van der Waals surface area (Å²) >= 11 is 0. The van der Waals surface area contributed by atoms with Gasteiger partial charge in [0, 0.05) is 5.41 Å². The minimum Gasteiger partial charge on any atom is -0.380 e. The Hall–Kier alpha value is -0.790. The lowest BCUT2D eigenvalue weighted by molar-refractivity contribution is -0.304. The SMILES string of the molecule is C=C(C(F)(F)F)C1(F)CCC2C3CCC4(C)C[C@@](O)(C(F)(F)F)CCC4(C)C3CCC21C. The first-order chi connectivity index (χ1) is 14.3. The summed E-state index contributed by atoms with van der Waals surface area (Å²) in [6.45, 7) is 8.56. The fraction of sp³-hybridized carbons (Fsp3) is 0.917. The summed E-state index contributed by atoms with van der Waals surface area (Å²) in [4.78, 5) is 0. The molecule has 0 heterocycles. The Kier molecular flexibility index (Phi) is 5.07. The summed E-state index contributed by atoms with van der Waals surface area (Å²) in [5, 5.41) is 10.4. The largest absolute Gasteiger partial charge is 0.417 e. The van der Waals surface area contributed by atoms with Crippen molar-refractivity contribution < 1.29 is 35.8 Å². The zero-order chi connectivity index (χ0) is 24.2. The third-order valence-corrected chi connectivity index (χ3v) is 10.8. The van der Waals surface area contributed by atoms with Crippen LogP contribution in [0.3, 0.4) is 0 Å². The zero-order valence-corrected chi connectivity index (χ0v) is 18.9. The van der Waals surface area contributed by atoms with Gasteiger partial charge in [-0.3, -0.25) is 0 Å². The van der Waals surface area contributed by atoms with Crippen LogP contribution in [-0.4, -0.2) is 28.7 Å². The Morgan fingerprint density at radius 1 is 0.812 bits per heavy atom. The average Bonchev–Trinajstić information content (AvgIpc) is 2.93. The molecule has 0 saturated heterocycles. The molecule has 0 spiro atoms. The van der Waals surface area contributed by atoms with Crippen LogP contribution < -0.4 is 0 Å². The number of allylic oxidation sites excluding steroid dienone is 1. The van der Waals surface area contributed by atoms with E-state index in [9.17, 15) is 31.4 Å². The Balaban J connectivity index is 1.65. The molecule has 0 aromatic carbocycles. The van der Waals surface area contributed by atoms with Crippen molar-refractivity contribution in [2.24, 2.45) is 34.0 Å². The molecule has 0 aromatic heterocycles. The molecular weight excluding hydrogens is 437 g/mol. The van der Waals surface area contributed by atoms with E-state index in [0.29, 0.717) is 25.7 Å². The van der Waals surface area contributed by atoms with Crippen molar-refractivity contribution in [3.05, 3.63) is 12.2 Å². The van der Waals surface area contributed by atoms with Crippen LogP contribution in [0.4, 0.5) is 30.7 Å². The summed E-state index contributed by atoms with van der Waals surface area (Å²) in [5.41, 5.74) is -8.89. The highest BCUT2D eigenvalue weighted by molar-refractivity contribution is 5.29. The molecular formula is C24H33F7O. The van der Waals surface area contributed by atoms with Gasteiger partial charge in [-0.2, -0.15) is 26.3 Å². The highest BCUT2D eigenvalue weighted by Crippen LogP contribution is 2.74. The van der Waals surface area contributed by atoms with Gasteiger partial charge >= 0.3 is 12.4 Å². The average molecular weight is 471 g/mol. The van der Waals surface area contributed by atoms with Crippen LogP contribution in [0.1, 0.15) is 78.6 Å². The molecule has 8 heteroatoms. The number of aliphatic hydroxyl groups is 1. The molecule has 0 amide bonds. The lowest BCUT2D eigenvalue weighted by Gasteiger charge is -2.66. The molecule has 0 bridgehead atoms. The van der Waals surface area contributed by atoms with Gasteiger partial charge in [-0.1, -0.05) is 27.4 Å². The summed E-state index contributed by atoms with van der Waals surface area (Å²) in [6, 6.07) is 0. The number of halogens is 7. The third kappa shape index (κ3) is 2.92. The molecule has 4 aliphatic rings. The van der Waals surface area contributed by atoms with Crippen LogP contribution in [0, 0.1) is 34.0 Å². The van der Waals surface area contributed by atoms with Crippen molar-refractivity contribution in [2.75, 3.05) is 0 Å². The number of fused-ring (bicyclic) bond motifs is 5. The predicted molar refractivity (Wildman–Crippen MR) is 106 cm³/mol. The molecule has 0 aromatic rings. The van der Waals surface area contributed by atoms with E-state index < -0.39 is 45.4 Å². The molecule has 0 aliphatic heterocycles. The van der Waals surface area contributed by atoms with Crippen LogP contribution in [0.5, 0.6) is 0 Å². The first kappa shape index (κ1) is 24.3. The van der Waals surface area contributed by atoms with E-state index in [4.69, 9.17) is 0 Å². The van der Waals surface area contributed by atoms with Crippen LogP contribution in [0.15, 0.2) is 12.2 Å². The topological polar surface area (TPSA) is 20.2 Å². The van der Waals surface area contributed by atoms with Crippen LogP contribution >= 0.6 is 0 Å². The highest BCUT2D eigenvalue weighted by Gasteiger charge is 2.72. The molecule has 8 atom stereocenters. The minimum absolute atomic E-state index is 0.0126. The second-order valence-corrected chi connectivity index (χ2v) is 11.9. The summed E-state index contributed by atoms with van der Waals surface area (Å²) < 4.78 is 97.2. The third-order valence-electron chi connectivity index (χ3n) is 10.8. The van der Waals surface area contributed by atoms with Gasteiger partial charge in [0.2, 0.25) is 0 Å². The zero-order valence-electron chi connectivity index (χ0n) is 18.9. The Labute approximate surface area is 184 Å². The first-order valence-corrected chi connectivity index (χ1v) is 11.6. The summed E-state index contributed by atoms with van der Waals surface area (Å²) in [6.07, 6.45) is -8.13. The van der Waals surface area contributed by atoms with E-state index in [1.165, 1.54) is 0 Å². The lowest BCUT2D eigenvalue weighted by atomic mass is 9.39. The molecule has 1 nitrogen and oxygen atoms in total. The second-order valence-electron chi connectivity index (χ2n) is 11.9. The standard InChI is InChI=1S/C24H33F7O/c1-14(23(26,27)28)22(25)10-7-17-15-5-8-18(2)13-21(32,24(29,30)31)12-11-19(18,3)16(15)6-9-20(17,22)4/h15-17,32H,1,5-13H2,2-4H3/t15?,16?,17?,18?,19?,20?,21-,22?/m1/s1. The second kappa shape index (κ2) is 6.66. The van der Waals surface area contributed by atoms with Crippen LogP contribution in [-0.2, 0) is 0 Å².